The van der Waals surface area contributed by atoms with Crippen LogP contribution >= 0.6 is 0 Å². The van der Waals surface area contributed by atoms with Gasteiger partial charge in [0.15, 0.2) is 11.5 Å². The summed E-state index contributed by atoms with van der Waals surface area (Å²) in [6, 6.07) is 14.3. The molecular formula is C21H23NO2. The predicted molar refractivity (Wildman–Crippen MR) is 97.4 cm³/mol. The number of benzene rings is 2. The molecule has 0 unspecified atom stereocenters. The SMILES string of the molecule is CCc1ccc(/C(=C/C#N)c2ccc(OC)c(OC)c2)cc1CC. The van der Waals surface area contributed by atoms with Crippen molar-refractivity contribution in [3.63, 3.8) is 0 Å². The first-order valence-electron chi connectivity index (χ1n) is 8.12. The molecule has 0 N–H and O–H groups in total. The number of rotatable bonds is 6. The molecule has 0 bridgehead atoms. The van der Waals surface area contributed by atoms with Crippen LogP contribution in [0.2, 0.25) is 0 Å². The number of nitrogens with zero attached hydrogens (tertiary/aromatic N) is 1. The van der Waals surface area contributed by atoms with Crippen molar-refractivity contribution in [3.05, 3.63) is 64.7 Å². The zero-order valence-corrected chi connectivity index (χ0v) is 14.7. The Hall–Kier alpha value is -2.73. The van der Waals surface area contributed by atoms with Gasteiger partial charge in [0, 0.05) is 6.08 Å². The van der Waals surface area contributed by atoms with Crippen molar-refractivity contribution in [1.82, 2.24) is 0 Å². The van der Waals surface area contributed by atoms with Gasteiger partial charge in [0.05, 0.1) is 20.3 Å². The molecule has 3 nitrogen and oxygen atoms in total. The van der Waals surface area contributed by atoms with Crippen molar-refractivity contribution in [2.24, 2.45) is 0 Å². The minimum absolute atomic E-state index is 0.653. The van der Waals surface area contributed by atoms with Crippen LogP contribution in [0.5, 0.6) is 11.5 Å². The zero-order valence-electron chi connectivity index (χ0n) is 14.7. The summed E-state index contributed by atoms with van der Waals surface area (Å²) >= 11 is 0. The number of ether oxygens (including phenoxy) is 2. The smallest absolute Gasteiger partial charge is 0.161 e. The lowest BCUT2D eigenvalue weighted by molar-refractivity contribution is 0.355. The van der Waals surface area contributed by atoms with Gasteiger partial charge in [-0.15, -0.1) is 0 Å². The Morgan fingerprint density at radius 2 is 1.54 bits per heavy atom. The fourth-order valence-corrected chi connectivity index (χ4v) is 2.87. The highest BCUT2D eigenvalue weighted by Crippen LogP contribution is 2.33. The molecule has 0 aliphatic carbocycles. The second-order valence-electron chi connectivity index (χ2n) is 5.45. The second-order valence-corrected chi connectivity index (χ2v) is 5.45. The minimum atomic E-state index is 0.653. The normalized spacial score (nSPS) is 11.0. The van der Waals surface area contributed by atoms with Crippen LogP contribution in [0.15, 0.2) is 42.5 Å². The van der Waals surface area contributed by atoms with Gasteiger partial charge in [0.25, 0.3) is 0 Å². The molecule has 0 atom stereocenters. The van der Waals surface area contributed by atoms with Crippen molar-refractivity contribution in [2.45, 2.75) is 26.7 Å². The Morgan fingerprint density at radius 1 is 0.917 bits per heavy atom. The van der Waals surface area contributed by atoms with E-state index >= 15 is 0 Å². The van der Waals surface area contributed by atoms with E-state index in [2.05, 4.69) is 38.1 Å². The van der Waals surface area contributed by atoms with Crippen LogP contribution in [0.4, 0.5) is 0 Å². The molecule has 0 radical (unpaired) electrons. The molecule has 0 spiro atoms. The Morgan fingerprint density at radius 3 is 2.12 bits per heavy atom. The minimum Gasteiger partial charge on any atom is -0.493 e. The average Bonchev–Trinajstić information content (AvgIpc) is 2.64. The highest BCUT2D eigenvalue weighted by atomic mass is 16.5. The van der Waals surface area contributed by atoms with Crippen LogP contribution in [0.25, 0.3) is 5.57 Å². The van der Waals surface area contributed by atoms with Gasteiger partial charge in [-0.05, 0) is 52.8 Å². The molecule has 0 saturated carbocycles. The van der Waals surface area contributed by atoms with Crippen LogP contribution in [0, 0.1) is 11.3 Å². The average molecular weight is 321 g/mol. The van der Waals surface area contributed by atoms with E-state index in [1.807, 2.05) is 18.2 Å². The van der Waals surface area contributed by atoms with Gasteiger partial charge in [0.2, 0.25) is 0 Å². The Bertz CT molecular complexity index is 727. The lowest BCUT2D eigenvalue weighted by Gasteiger charge is -2.14. The third-order valence-corrected chi connectivity index (χ3v) is 4.18. The van der Waals surface area contributed by atoms with Crippen LogP contribution in [0.3, 0.4) is 0 Å². The molecule has 124 valence electrons. The summed E-state index contributed by atoms with van der Waals surface area (Å²) in [4.78, 5) is 0. The summed E-state index contributed by atoms with van der Waals surface area (Å²) in [7, 11) is 3.22. The van der Waals surface area contributed by atoms with E-state index in [1.165, 1.54) is 11.1 Å². The van der Waals surface area contributed by atoms with Gasteiger partial charge in [0.1, 0.15) is 0 Å². The summed E-state index contributed by atoms with van der Waals surface area (Å²) in [5, 5.41) is 9.23. The molecular weight excluding hydrogens is 298 g/mol. The monoisotopic (exact) mass is 321 g/mol. The highest BCUT2D eigenvalue weighted by molar-refractivity contribution is 5.82. The predicted octanol–water partition coefficient (Wildman–Crippen LogP) is 4.78. The molecule has 0 saturated heterocycles. The van der Waals surface area contributed by atoms with Gasteiger partial charge >= 0.3 is 0 Å². The molecule has 0 fully saturated rings. The first-order valence-corrected chi connectivity index (χ1v) is 8.12. The van der Waals surface area contributed by atoms with Gasteiger partial charge in [-0.25, -0.2) is 0 Å². The van der Waals surface area contributed by atoms with Gasteiger partial charge < -0.3 is 9.47 Å². The van der Waals surface area contributed by atoms with Gasteiger partial charge in [-0.2, -0.15) is 5.26 Å². The fraction of sp³-hybridized carbons (Fsp3) is 0.286. The van der Waals surface area contributed by atoms with Crippen LogP contribution < -0.4 is 9.47 Å². The van der Waals surface area contributed by atoms with E-state index in [9.17, 15) is 5.26 Å². The largest absolute Gasteiger partial charge is 0.493 e. The molecule has 2 rings (SSSR count). The molecule has 0 heterocycles. The number of hydrogen-bond donors (Lipinski definition) is 0. The van der Waals surface area contributed by atoms with Crippen molar-refractivity contribution in [1.29, 1.82) is 5.26 Å². The van der Waals surface area contributed by atoms with Crippen molar-refractivity contribution in [3.8, 4) is 17.6 Å². The molecule has 0 amide bonds. The van der Waals surface area contributed by atoms with Crippen molar-refractivity contribution in [2.75, 3.05) is 14.2 Å². The number of allylic oxidation sites excluding steroid dienone is 1. The van der Waals surface area contributed by atoms with Gasteiger partial charge in [-0.1, -0.05) is 38.1 Å². The van der Waals surface area contributed by atoms with Crippen LogP contribution in [0.1, 0.15) is 36.1 Å². The fourth-order valence-electron chi connectivity index (χ4n) is 2.87. The molecule has 3 heteroatoms. The van der Waals surface area contributed by atoms with Crippen LogP contribution in [-0.2, 0) is 12.8 Å². The molecule has 2 aromatic carbocycles. The quantitative estimate of drug-likeness (QED) is 0.719. The third kappa shape index (κ3) is 3.60. The van der Waals surface area contributed by atoms with Crippen molar-refractivity contribution >= 4 is 5.57 Å². The topological polar surface area (TPSA) is 42.2 Å². The highest BCUT2D eigenvalue weighted by Gasteiger charge is 2.11. The summed E-state index contributed by atoms with van der Waals surface area (Å²) in [5.74, 6) is 1.33. The zero-order chi connectivity index (χ0) is 17.5. The maximum Gasteiger partial charge on any atom is 0.161 e. The Balaban J connectivity index is 2.56. The number of nitriles is 1. The lowest BCUT2D eigenvalue weighted by atomic mass is 9.92. The number of methoxy groups -OCH3 is 2. The second kappa shape index (κ2) is 8.21. The summed E-state index contributed by atoms with van der Waals surface area (Å²) in [6.07, 6.45) is 3.57. The van der Waals surface area contributed by atoms with E-state index in [0.29, 0.717) is 11.5 Å². The molecule has 24 heavy (non-hydrogen) atoms. The van der Waals surface area contributed by atoms with E-state index < -0.39 is 0 Å². The van der Waals surface area contributed by atoms with E-state index in [4.69, 9.17) is 9.47 Å². The summed E-state index contributed by atoms with van der Waals surface area (Å²) < 4.78 is 10.7. The first-order chi connectivity index (χ1) is 11.7. The molecule has 0 aromatic heterocycles. The number of hydrogen-bond acceptors (Lipinski definition) is 3. The molecule has 2 aromatic rings. The Kier molecular flexibility index (Phi) is 6.03. The number of aryl methyl sites for hydroxylation is 2. The Labute approximate surface area is 144 Å². The molecule has 0 aliphatic rings. The van der Waals surface area contributed by atoms with E-state index in [0.717, 1.165) is 29.5 Å². The standard InChI is InChI=1S/C21H23NO2/c1-5-15-7-8-17(13-16(15)6-2)19(11-12-22)18-9-10-20(23-3)21(14-18)24-4/h7-11,13-14H,5-6H2,1-4H3/b19-11-. The third-order valence-electron chi connectivity index (χ3n) is 4.18. The lowest BCUT2D eigenvalue weighted by Crippen LogP contribution is -1.96. The maximum absolute atomic E-state index is 9.23. The van der Waals surface area contributed by atoms with Gasteiger partial charge in [-0.3, -0.25) is 0 Å². The van der Waals surface area contributed by atoms with Crippen LogP contribution in [-0.4, -0.2) is 14.2 Å². The van der Waals surface area contributed by atoms with E-state index in [-0.39, 0.29) is 0 Å². The maximum atomic E-state index is 9.23. The summed E-state index contributed by atoms with van der Waals surface area (Å²) in [5.41, 5.74) is 5.53. The van der Waals surface area contributed by atoms with E-state index in [1.54, 1.807) is 20.3 Å². The van der Waals surface area contributed by atoms with Crippen molar-refractivity contribution < 1.29 is 9.47 Å². The molecule has 0 aliphatic heterocycles. The first kappa shape index (κ1) is 17.6. The summed E-state index contributed by atoms with van der Waals surface area (Å²) in [6.45, 7) is 4.32.